The summed E-state index contributed by atoms with van der Waals surface area (Å²) in [6.45, 7) is 6.04. The molecule has 84 valence electrons. The second kappa shape index (κ2) is 5.67. The largest absolute Gasteiger partial charge is 0.353 e. The minimum Gasteiger partial charge on any atom is -0.353 e. The fourth-order valence-electron chi connectivity index (χ4n) is 1.08. The molecule has 0 fully saturated rings. The lowest BCUT2D eigenvalue weighted by atomic mass is 10.4. The molecule has 0 amide bonds. The first kappa shape index (κ1) is 11.9. The Labute approximate surface area is 93.8 Å². The van der Waals surface area contributed by atoms with E-state index in [2.05, 4.69) is 20.7 Å². The summed E-state index contributed by atoms with van der Waals surface area (Å²) in [4.78, 5) is 8.59. The summed E-state index contributed by atoms with van der Waals surface area (Å²) < 4.78 is 0. The first-order chi connectivity index (χ1) is 7.13. The summed E-state index contributed by atoms with van der Waals surface area (Å²) in [5, 5.41) is 6.03. The highest BCUT2D eigenvalue weighted by molar-refractivity contribution is 7.09. The summed E-state index contributed by atoms with van der Waals surface area (Å²) in [6.07, 6.45) is 1.78. The zero-order valence-electron chi connectivity index (χ0n) is 9.19. The van der Waals surface area contributed by atoms with Crippen LogP contribution in [-0.4, -0.2) is 17.0 Å². The van der Waals surface area contributed by atoms with Crippen LogP contribution in [0.25, 0.3) is 0 Å². The number of aliphatic imine (C=N–C) groups is 1. The van der Waals surface area contributed by atoms with Gasteiger partial charge in [0.25, 0.3) is 0 Å². The smallest absolute Gasteiger partial charge is 0.206 e. The number of rotatable bonds is 3. The molecule has 4 N–H and O–H groups in total. The molecule has 0 saturated carbocycles. The molecular formula is C9H17N5S. The van der Waals surface area contributed by atoms with E-state index < -0.39 is 0 Å². The van der Waals surface area contributed by atoms with Gasteiger partial charge < -0.3 is 5.32 Å². The van der Waals surface area contributed by atoms with Crippen molar-refractivity contribution in [1.29, 1.82) is 0 Å². The van der Waals surface area contributed by atoms with Gasteiger partial charge in [-0.05, 0) is 20.8 Å². The SMILES string of the molecule is CC(C)NC(=NC(C)c1nccs1)NN. The van der Waals surface area contributed by atoms with Crippen LogP contribution < -0.4 is 16.6 Å². The molecule has 1 unspecified atom stereocenters. The predicted molar refractivity (Wildman–Crippen MR) is 63.6 cm³/mol. The van der Waals surface area contributed by atoms with Gasteiger partial charge in [-0.1, -0.05) is 0 Å². The molecule has 0 aliphatic carbocycles. The zero-order valence-corrected chi connectivity index (χ0v) is 10.0. The van der Waals surface area contributed by atoms with Crippen LogP contribution in [0.2, 0.25) is 0 Å². The zero-order chi connectivity index (χ0) is 11.3. The number of aromatic nitrogens is 1. The molecule has 0 aliphatic heterocycles. The maximum atomic E-state index is 5.36. The number of hydrazine groups is 1. The molecule has 0 spiro atoms. The average molecular weight is 227 g/mol. The maximum absolute atomic E-state index is 5.36. The van der Waals surface area contributed by atoms with Gasteiger partial charge in [0, 0.05) is 17.6 Å². The van der Waals surface area contributed by atoms with Crippen molar-refractivity contribution in [2.45, 2.75) is 32.9 Å². The Morgan fingerprint density at radius 3 is 2.73 bits per heavy atom. The third-order valence-electron chi connectivity index (χ3n) is 1.69. The topological polar surface area (TPSA) is 75.3 Å². The summed E-state index contributed by atoms with van der Waals surface area (Å²) in [7, 11) is 0. The van der Waals surface area contributed by atoms with Crippen molar-refractivity contribution in [1.82, 2.24) is 15.7 Å². The average Bonchev–Trinajstić information content (AvgIpc) is 2.68. The number of hydrogen-bond donors (Lipinski definition) is 3. The number of hydrogen-bond acceptors (Lipinski definition) is 4. The van der Waals surface area contributed by atoms with Gasteiger partial charge in [-0.15, -0.1) is 11.3 Å². The molecule has 1 rings (SSSR count). The highest BCUT2D eigenvalue weighted by atomic mass is 32.1. The van der Waals surface area contributed by atoms with E-state index in [1.165, 1.54) is 0 Å². The Morgan fingerprint density at radius 2 is 2.27 bits per heavy atom. The van der Waals surface area contributed by atoms with E-state index in [-0.39, 0.29) is 6.04 Å². The lowest BCUT2D eigenvalue weighted by Gasteiger charge is -2.13. The van der Waals surface area contributed by atoms with Crippen molar-refractivity contribution >= 4 is 17.3 Å². The Hall–Kier alpha value is -1.14. The third-order valence-corrected chi connectivity index (χ3v) is 2.64. The predicted octanol–water partition coefficient (Wildman–Crippen LogP) is 1.02. The van der Waals surface area contributed by atoms with Crippen LogP contribution >= 0.6 is 11.3 Å². The normalized spacial score (nSPS) is 14.1. The molecule has 0 radical (unpaired) electrons. The maximum Gasteiger partial charge on any atom is 0.206 e. The van der Waals surface area contributed by atoms with Gasteiger partial charge in [-0.25, -0.2) is 15.8 Å². The van der Waals surface area contributed by atoms with E-state index in [0.29, 0.717) is 12.0 Å². The summed E-state index contributed by atoms with van der Waals surface area (Å²) in [5.74, 6) is 5.95. The van der Waals surface area contributed by atoms with E-state index in [4.69, 9.17) is 5.84 Å². The van der Waals surface area contributed by atoms with Gasteiger partial charge in [0.15, 0.2) is 0 Å². The van der Waals surface area contributed by atoms with Crippen LogP contribution in [0.4, 0.5) is 0 Å². The molecule has 0 saturated heterocycles. The minimum absolute atomic E-state index is 0.0160. The fourth-order valence-corrected chi connectivity index (χ4v) is 1.71. The number of nitrogens with two attached hydrogens (primary N) is 1. The molecule has 15 heavy (non-hydrogen) atoms. The molecule has 1 aromatic heterocycles. The molecule has 0 aromatic carbocycles. The van der Waals surface area contributed by atoms with Crippen molar-refractivity contribution in [2.24, 2.45) is 10.8 Å². The molecule has 6 heteroatoms. The Bertz CT molecular complexity index is 306. The van der Waals surface area contributed by atoms with Crippen molar-refractivity contribution in [3.8, 4) is 0 Å². The first-order valence-corrected chi connectivity index (χ1v) is 5.71. The number of guanidine groups is 1. The Balaban J connectivity index is 2.66. The van der Waals surface area contributed by atoms with Crippen LogP contribution in [-0.2, 0) is 0 Å². The second-order valence-corrected chi connectivity index (χ2v) is 4.39. The van der Waals surface area contributed by atoms with Crippen LogP contribution in [0.5, 0.6) is 0 Å². The standard InChI is InChI=1S/C9H17N5S/c1-6(2)12-9(14-10)13-7(3)8-11-4-5-15-8/h4-7H,10H2,1-3H3,(H2,12,13,14). The molecule has 0 aliphatic rings. The number of thiazole rings is 1. The molecule has 5 nitrogen and oxygen atoms in total. The van der Waals surface area contributed by atoms with Gasteiger partial charge >= 0.3 is 0 Å². The molecule has 1 aromatic rings. The van der Waals surface area contributed by atoms with Gasteiger partial charge in [-0.3, -0.25) is 5.43 Å². The first-order valence-electron chi connectivity index (χ1n) is 4.83. The molecule has 1 heterocycles. The van der Waals surface area contributed by atoms with Crippen LogP contribution in [0.3, 0.4) is 0 Å². The highest BCUT2D eigenvalue weighted by Crippen LogP contribution is 2.18. The van der Waals surface area contributed by atoms with Crippen LogP contribution in [0, 0.1) is 0 Å². The second-order valence-electron chi connectivity index (χ2n) is 3.47. The summed E-state index contributed by atoms with van der Waals surface area (Å²) in [6, 6.07) is 0.311. The van der Waals surface area contributed by atoms with Crippen LogP contribution in [0.1, 0.15) is 31.8 Å². The minimum atomic E-state index is 0.0160. The molecule has 1 atom stereocenters. The van der Waals surface area contributed by atoms with Gasteiger partial charge in [0.1, 0.15) is 11.0 Å². The highest BCUT2D eigenvalue weighted by Gasteiger charge is 2.08. The lowest BCUT2D eigenvalue weighted by Crippen LogP contribution is -2.44. The van der Waals surface area contributed by atoms with Crippen molar-refractivity contribution in [3.63, 3.8) is 0 Å². The van der Waals surface area contributed by atoms with E-state index in [9.17, 15) is 0 Å². The summed E-state index contributed by atoms with van der Waals surface area (Å²) in [5.41, 5.74) is 2.54. The van der Waals surface area contributed by atoms with Crippen LogP contribution in [0.15, 0.2) is 16.6 Å². The summed E-state index contributed by atoms with van der Waals surface area (Å²) >= 11 is 1.59. The molecule has 0 bridgehead atoms. The Morgan fingerprint density at radius 1 is 1.53 bits per heavy atom. The molecular weight excluding hydrogens is 210 g/mol. The van der Waals surface area contributed by atoms with Crippen molar-refractivity contribution < 1.29 is 0 Å². The third kappa shape index (κ3) is 3.85. The van der Waals surface area contributed by atoms with Gasteiger partial charge in [-0.2, -0.15) is 0 Å². The van der Waals surface area contributed by atoms with Gasteiger partial charge in [0.2, 0.25) is 5.96 Å². The quantitative estimate of drug-likeness (QED) is 0.312. The number of nitrogens with one attached hydrogen (secondary N) is 2. The van der Waals surface area contributed by atoms with E-state index in [1.54, 1.807) is 17.5 Å². The monoisotopic (exact) mass is 227 g/mol. The van der Waals surface area contributed by atoms with Crippen molar-refractivity contribution in [2.75, 3.05) is 0 Å². The van der Waals surface area contributed by atoms with E-state index >= 15 is 0 Å². The van der Waals surface area contributed by atoms with Gasteiger partial charge in [0.05, 0.1) is 0 Å². The Kier molecular flexibility index (Phi) is 4.51. The van der Waals surface area contributed by atoms with E-state index in [1.807, 2.05) is 26.2 Å². The number of nitrogens with zero attached hydrogens (tertiary/aromatic N) is 2. The van der Waals surface area contributed by atoms with E-state index in [0.717, 1.165) is 5.01 Å². The fraction of sp³-hybridized carbons (Fsp3) is 0.556. The lowest BCUT2D eigenvalue weighted by molar-refractivity contribution is 0.687. The van der Waals surface area contributed by atoms with Crippen molar-refractivity contribution in [3.05, 3.63) is 16.6 Å².